The molecule has 4 fully saturated rings. The zero-order chi connectivity index (χ0) is 31.1. The van der Waals surface area contributed by atoms with Gasteiger partial charge in [-0.05, 0) is 30.9 Å². The summed E-state index contributed by atoms with van der Waals surface area (Å²) in [5.41, 5.74) is -16.1. The van der Waals surface area contributed by atoms with Crippen LogP contribution in [0.4, 0.5) is 0 Å². The third-order valence-corrected chi connectivity index (χ3v) is 11.9. The molecule has 13 nitrogen and oxygen atoms in total. The van der Waals surface area contributed by atoms with Crippen molar-refractivity contribution >= 4 is 17.9 Å². The summed E-state index contributed by atoms with van der Waals surface area (Å²) in [6, 6.07) is 1.49. The van der Waals surface area contributed by atoms with E-state index in [0.717, 1.165) is 20.1 Å². The highest BCUT2D eigenvalue weighted by Gasteiger charge is 2.96. The fourth-order valence-corrected chi connectivity index (χ4v) is 10.0. The van der Waals surface area contributed by atoms with E-state index in [-0.39, 0.29) is 12.0 Å². The zero-order valence-corrected chi connectivity index (χ0v) is 23.9. The molecule has 1 aromatic heterocycles. The molecular weight excluding hydrogens is 556 g/mol. The fraction of sp³-hybridized carbons (Fsp3) is 0.690. The Kier molecular flexibility index (Phi) is 5.72. The van der Waals surface area contributed by atoms with E-state index in [9.17, 15) is 45.0 Å². The van der Waals surface area contributed by atoms with Gasteiger partial charge in [0.2, 0.25) is 0 Å². The van der Waals surface area contributed by atoms with E-state index in [4.69, 9.17) is 18.6 Å². The molecule has 13 heteroatoms. The number of carbonyl (C=O) groups is 3. The summed E-state index contributed by atoms with van der Waals surface area (Å²) in [4.78, 5) is 38.1. The molecule has 0 amide bonds. The average Bonchev–Trinajstić information content (AvgIpc) is 3.56. The first-order chi connectivity index (χ1) is 19.4. The Morgan fingerprint density at radius 3 is 2.33 bits per heavy atom. The molecular formula is C29H36O13. The first kappa shape index (κ1) is 29.3. The van der Waals surface area contributed by atoms with Crippen molar-refractivity contribution in [3.05, 3.63) is 35.8 Å². The van der Waals surface area contributed by atoms with Gasteiger partial charge in [-0.2, -0.15) is 0 Å². The minimum atomic E-state index is -2.95. The van der Waals surface area contributed by atoms with E-state index in [1.54, 1.807) is 6.92 Å². The van der Waals surface area contributed by atoms with Gasteiger partial charge in [0.1, 0.15) is 35.1 Å². The highest BCUT2D eigenvalue weighted by Crippen LogP contribution is 2.82. The van der Waals surface area contributed by atoms with Gasteiger partial charge in [-0.15, -0.1) is 0 Å². The summed E-state index contributed by atoms with van der Waals surface area (Å²) < 4.78 is 21.2. The average molecular weight is 593 g/mol. The number of aliphatic hydroxyl groups excluding tert-OH is 2. The fourth-order valence-electron chi connectivity index (χ4n) is 10.0. The normalized spacial score (nSPS) is 52.1. The maximum atomic E-state index is 13.0. The maximum Gasteiger partial charge on any atom is 0.331 e. The van der Waals surface area contributed by atoms with Crippen LogP contribution in [-0.2, 0) is 28.6 Å². The summed E-state index contributed by atoms with van der Waals surface area (Å²) in [5, 5.41) is 74.6. The molecule has 0 radical (unpaired) electrons. The van der Waals surface area contributed by atoms with Gasteiger partial charge in [0, 0.05) is 42.2 Å². The Bertz CT molecular complexity index is 1410. The summed E-state index contributed by atoms with van der Waals surface area (Å²) in [5.74, 6) is -3.72. The van der Waals surface area contributed by atoms with Crippen molar-refractivity contribution in [1.29, 1.82) is 0 Å². The number of aliphatic hydroxyl groups is 6. The number of carbonyl (C=O) groups excluding carboxylic acids is 3. The number of cyclic esters (lactones) is 1. The number of furan rings is 1. The van der Waals surface area contributed by atoms with Gasteiger partial charge in [0.05, 0.1) is 31.2 Å². The number of esters is 3. The standard InChI is InChI=1S/C29H36O13/c1-13(30)41-22-23(2)12-27(36)25(4,15(23)8-18(32)39-5)26(35)10-17(31)24(3)16(28(26,37)21(34)29(22,27)38)9-19(33)42-20(24)14-6-7-40-11-14/h6-7,9,11,15,17,20-22,31,34-38H,8,10,12H2,1-5H3/t15-,17-,20+,21-,22-,23+,24-,25-,26-,27+,28+,29-/m0/s1. The number of hydrogen-bond donors (Lipinski definition) is 6. The van der Waals surface area contributed by atoms with Gasteiger partial charge < -0.3 is 49.3 Å². The van der Waals surface area contributed by atoms with Gasteiger partial charge in [0.15, 0.2) is 5.60 Å². The van der Waals surface area contributed by atoms with E-state index >= 15 is 0 Å². The predicted molar refractivity (Wildman–Crippen MR) is 137 cm³/mol. The van der Waals surface area contributed by atoms with E-state index in [1.165, 1.54) is 32.4 Å². The van der Waals surface area contributed by atoms with Crippen LogP contribution >= 0.6 is 0 Å². The molecule has 0 saturated heterocycles. The zero-order valence-electron chi connectivity index (χ0n) is 23.9. The highest BCUT2D eigenvalue weighted by molar-refractivity contribution is 5.86. The van der Waals surface area contributed by atoms with Crippen molar-refractivity contribution in [3.8, 4) is 0 Å². The lowest BCUT2D eigenvalue weighted by molar-refractivity contribution is -0.418. The third-order valence-electron chi connectivity index (χ3n) is 11.9. The largest absolute Gasteiger partial charge is 0.472 e. The topological polar surface area (TPSA) is 213 Å². The molecule has 0 unspecified atom stereocenters. The molecule has 0 spiro atoms. The van der Waals surface area contributed by atoms with E-state index in [0.29, 0.717) is 5.56 Å². The van der Waals surface area contributed by atoms with E-state index in [1.807, 2.05) is 0 Å². The smallest absolute Gasteiger partial charge is 0.331 e. The monoisotopic (exact) mass is 592 g/mol. The molecule has 4 saturated carbocycles. The van der Waals surface area contributed by atoms with Gasteiger partial charge in [-0.25, -0.2) is 4.79 Å². The summed E-state index contributed by atoms with van der Waals surface area (Å²) >= 11 is 0. The molecule has 2 heterocycles. The van der Waals surface area contributed by atoms with Gasteiger partial charge >= 0.3 is 17.9 Å². The number of hydrogen-bond acceptors (Lipinski definition) is 13. The Morgan fingerprint density at radius 1 is 1.10 bits per heavy atom. The Morgan fingerprint density at radius 2 is 1.76 bits per heavy atom. The molecule has 230 valence electrons. The number of methoxy groups -OCH3 is 1. The lowest BCUT2D eigenvalue weighted by atomic mass is 9.34. The Balaban J connectivity index is 1.66. The minimum Gasteiger partial charge on any atom is -0.472 e. The number of rotatable bonds is 4. The van der Waals surface area contributed by atoms with Crippen LogP contribution in [0.2, 0.25) is 0 Å². The van der Waals surface area contributed by atoms with Crippen molar-refractivity contribution in [3.63, 3.8) is 0 Å². The van der Waals surface area contributed by atoms with Crippen molar-refractivity contribution in [1.82, 2.24) is 0 Å². The third kappa shape index (κ3) is 2.75. The quantitative estimate of drug-likeness (QED) is 0.191. The number of fused-ring (bicyclic) bond motifs is 5. The number of ether oxygens (including phenoxy) is 3. The van der Waals surface area contributed by atoms with E-state index in [2.05, 4.69) is 0 Å². The van der Waals surface area contributed by atoms with Gasteiger partial charge in [-0.1, -0.05) is 13.8 Å². The van der Waals surface area contributed by atoms with Crippen LogP contribution in [0.25, 0.3) is 0 Å². The molecule has 42 heavy (non-hydrogen) atoms. The maximum absolute atomic E-state index is 13.0. The summed E-state index contributed by atoms with van der Waals surface area (Å²) in [6.07, 6.45) is -4.97. The minimum absolute atomic E-state index is 0.315. The van der Waals surface area contributed by atoms with Crippen LogP contribution in [0.5, 0.6) is 0 Å². The molecule has 2 bridgehead atoms. The van der Waals surface area contributed by atoms with Crippen molar-refractivity contribution in [2.75, 3.05) is 7.11 Å². The second-order valence-electron chi connectivity index (χ2n) is 13.4. The van der Waals surface area contributed by atoms with Gasteiger partial charge in [-0.3, -0.25) is 9.59 Å². The van der Waals surface area contributed by atoms with Crippen LogP contribution < -0.4 is 0 Å². The lowest BCUT2D eigenvalue weighted by Crippen LogP contribution is -2.93. The first-order valence-electron chi connectivity index (χ1n) is 13.8. The summed E-state index contributed by atoms with van der Waals surface area (Å²) in [6.45, 7) is 5.46. The molecule has 5 aliphatic rings. The SMILES string of the molecule is COC(=O)C[C@H]1[C@@]2(C)C[C@]3(O)[C@](O)([C@@H](O)[C@]4(O)C5=CC(=O)O[C@H](c6ccoc6)[C@]5(C)[C@@H](O)C[C@]4(O)[C@]13C)[C@H]2OC(C)=O. The lowest BCUT2D eigenvalue weighted by Gasteiger charge is -2.75. The highest BCUT2D eigenvalue weighted by atomic mass is 16.6. The molecule has 6 N–H and O–H groups in total. The Hall–Kier alpha value is -2.81. The van der Waals surface area contributed by atoms with Crippen LogP contribution in [0.3, 0.4) is 0 Å². The molecule has 12 atom stereocenters. The van der Waals surface area contributed by atoms with Crippen LogP contribution in [0.1, 0.15) is 58.6 Å². The van der Waals surface area contributed by atoms with Crippen LogP contribution in [0.15, 0.2) is 34.7 Å². The molecule has 4 aliphatic carbocycles. The Labute approximate surface area is 240 Å². The van der Waals surface area contributed by atoms with Crippen LogP contribution in [-0.4, -0.2) is 96.4 Å². The molecule has 0 aromatic carbocycles. The van der Waals surface area contributed by atoms with E-state index < -0.39 is 99.7 Å². The van der Waals surface area contributed by atoms with Gasteiger partial charge in [0.25, 0.3) is 0 Å². The molecule has 6 rings (SSSR count). The van der Waals surface area contributed by atoms with Crippen molar-refractivity contribution in [2.24, 2.45) is 22.2 Å². The summed E-state index contributed by atoms with van der Waals surface area (Å²) in [7, 11) is 1.15. The molecule has 1 aromatic rings. The molecule has 1 aliphatic heterocycles. The van der Waals surface area contributed by atoms with Crippen molar-refractivity contribution < 1.29 is 63.7 Å². The van der Waals surface area contributed by atoms with Crippen molar-refractivity contribution in [2.45, 2.75) is 93.8 Å². The predicted octanol–water partition coefficient (Wildman–Crippen LogP) is -0.585. The second-order valence-corrected chi connectivity index (χ2v) is 13.4. The first-order valence-corrected chi connectivity index (χ1v) is 13.8. The van der Waals surface area contributed by atoms with Crippen LogP contribution in [0, 0.1) is 22.2 Å². The second kappa shape index (κ2) is 8.21.